The van der Waals surface area contributed by atoms with E-state index in [1.54, 1.807) is 12.1 Å². The first-order valence-electron chi connectivity index (χ1n) is 6.83. The molecule has 0 aromatic heterocycles. The van der Waals surface area contributed by atoms with Crippen molar-refractivity contribution >= 4 is 47.6 Å². The highest BCUT2D eigenvalue weighted by Crippen LogP contribution is 2.33. The summed E-state index contributed by atoms with van der Waals surface area (Å²) < 4.78 is 28.3. The lowest BCUT2D eigenvalue weighted by molar-refractivity contribution is 0.188. The van der Waals surface area contributed by atoms with Crippen LogP contribution in [0, 0.1) is 0 Å². The van der Waals surface area contributed by atoms with E-state index in [0.717, 1.165) is 30.5 Å². The fourth-order valence-electron chi connectivity index (χ4n) is 2.49. The van der Waals surface area contributed by atoms with Crippen molar-refractivity contribution in [2.75, 3.05) is 38.5 Å². The quantitative estimate of drug-likeness (QED) is 0.730. The Morgan fingerprint density at radius 3 is 2.33 bits per heavy atom. The molecule has 1 fully saturated rings. The topological polar surface area (TPSA) is 66.6 Å². The Labute approximate surface area is 142 Å². The SMILES string of the molecule is CCCN1CCN(S(=O)(=O)c2c(N)cc(Br)cc2Br)CC1. The van der Waals surface area contributed by atoms with E-state index in [1.165, 1.54) is 4.31 Å². The lowest BCUT2D eigenvalue weighted by Gasteiger charge is -2.34. The Morgan fingerprint density at radius 1 is 1.19 bits per heavy atom. The van der Waals surface area contributed by atoms with E-state index in [-0.39, 0.29) is 10.6 Å². The van der Waals surface area contributed by atoms with E-state index in [9.17, 15) is 8.42 Å². The van der Waals surface area contributed by atoms with Gasteiger partial charge in [0.05, 0.1) is 5.69 Å². The zero-order valence-corrected chi connectivity index (χ0v) is 15.8. The molecular weight excluding hydrogens is 422 g/mol. The summed E-state index contributed by atoms with van der Waals surface area (Å²) in [6.45, 7) is 5.68. The lowest BCUT2D eigenvalue weighted by atomic mass is 10.3. The molecule has 8 heteroatoms. The zero-order chi connectivity index (χ0) is 15.6. The van der Waals surface area contributed by atoms with Crippen molar-refractivity contribution in [2.24, 2.45) is 0 Å². The molecular formula is C13H19Br2N3O2S. The van der Waals surface area contributed by atoms with Crippen molar-refractivity contribution in [3.05, 3.63) is 21.1 Å². The average Bonchev–Trinajstić information content (AvgIpc) is 2.38. The van der Waals surface area contributed by atoms with Crippen LogP contribution in [0.1, 0.15) is 13.3 Å². The third kappa shape index (κ3) is 3.79. The van der Waals surface area contributed by atoms with E-state index in [4.69, 9.17) is 5.73 Å². The minimum absolute atomic E-state index is 0.162. The van der Waals surface area contributed by atoms with E-state index < -0.39 is 10.0 Å². The Bertz CT molecular complexity index is 591. The summed E-state index contributed by atoms with van der Waals surface area (Å²) in [5.41, 5.74) is 6.17. The second-order valence-electron chi connectivity index (χ2n) is 5.05. The first-order valence-corrected chi connectivity index (χ1v) is 9.86. The number of rotatable bonds is 4. The standard InChI is InChI=1S/C13H19Br2N3O2S/c1-2-3-17-4-6-18(7-5-17)21(19,20)13-11(15)8-10(14)9-12(13)16/h8-9H,2-7,16H2,1H3. The van der Waals surface area contributed by atoms with Crippen molar-refractivity contribution < 1.29 is 8.42 Å². The molecule has 0 unspecified atom stereocenters. The Morgan fingerprint density at radius 2 is 1.81 bits per heavy atom. The van der Waals surface area contributed by atoms with Gasteiger partial charge in [-0.2, -0.15) is 4.31 Å². The van der Waals surface area contributed by atoms with Crippen molar-refractivity contribution in [1.82, 2.24) is 9.21 Å². The van der Waals surface area contributed by atoms with Crippen LogP contribution in [-0.2, 0) is 10.0 Å². The van der Waals surface area contributed by atoms with Gasteiger partial charge < -0.3 is 10.6 Å². The van der Waals surface area contributed by atoms with E-state index in [1.807, 2.05) is 0 Å². The molecule has 1 heterocycles. The highest BCUT2D eigenvalue weighted by atomic mass is 79.9. The number of nitrogens with zero attached hydrogens (tertiary/aromatic N) is 2. The molecule has 1 aromatic rings. The number of sulfonamides is 1. The maximum atomic E-state index is 12.8. The molecule has 1 aliphatic heterocycles. The first kappa shape index (κ1) is 17.2. The van der Waals surface area contributed by atoms with Gasteiger partial charge in [0, 0.05) is 35.1 Å². The summed E-state index contributed by atoms with van der Waals surface area (Å²) in [7, 11) is -3.56. The van der Waals surface area contributed by atoms with Crippen LogP contribution in [0.4, 0.5) is 5.69 Å². The van der Waals surface area contributed by atoms with E-state index in [2.05, 4.69) is 43.7 Å². The van der Waals surface area contributed by atoms with Gasteiger partial charge in [-0.3, -0.25) is 0 Å². The van der Waals surface area contributed by atoms with Crippen molar-refractivity contribution in [3.63, 3.8) is 0 Å². The fraction of sp³-hybridized carbons (Fsp3) is 0.538. The number of nitrogens with two attached hydrogens (primary N) is 1. The van der Waals surface area contributed by atoms with Crippen LogP contribution in [0.5, 0.6) is 0 Å². The van der Waals surface area contributed by atoms with Gasteiger partial charge in [0.15, 0.2) is 0 Å². The fourth-order valence-corrected chi connectivity index (χ4v) is 5.93. The van der Waals surface area contributed by atoms with Crippen LogP contribution in [0.2, 0.25) is 0 Å². The summed E-state index contributed by atoms with van der Waals surface area (Å²) >= 11 is 6.62. The number of anilines is 1. The molecule has 0 aliphatic carbocycles. The van der Waals surface area contributed by atoms with E-state index in [0.29, 0.717) is 17.6 Å². The molecule has 2 N–H and O–H groups in total. The summed E-state index contributed by atoms with van der Waals surface area (Å²) in [6, 6.07) is 3.32. The second kappa shape index (κ2) is 6.95. The highest BCUT2D eigenvalue weighted by Gasteiger charge is 2.31. The molecule has 21 heavy (non-hydrogen) atoms. The highest BCUT2D eigenvalue weighted by molar-refractivity contribution is 9.11. The van der Waals surface area contributed by atoms with Crippen molar-refractivity contribution in [3.8, 4) is 0 Å². The van der Waals surface area contributed by atoms with Gasteiger partial charge in [-0.15, -0.1) is 0 Å². The van der Waals surface area contributed by atoms with Crippen LogP contribution in [-0.4, -0.2) is 50.3 Å². The van der Waals surface area contributed by atoms with Gasteiger partial charge >= 0.3 is 0 Å². The Kier molecular flexibility index (Phi) is 5.70. The minimum Gasteiger partial charge on any atom is -0.398 e. The molecule has 0 bridgehead atoms. The minimum atomic E-state index is -3.56. The molecule has 0 amide bonds. The molecule has 1 aromatic carbocycles. The molecule has 2 rings (SSSR count). The van der Waals surface area contributed by atoms with Crippen molar-refractivity contribution in [1.29, 1.82) is 0 Å². The average molecular weight is 441 g/mol. The molecule has 1 saturated heterocycles. The molecule has 0 saturated carbocycles. The number of piperazine rings is 1. The predicted octanol–water partition coefficient (Wildman–Crippen LogP) is 2.51. The molecule has 118 valence electrons. The second-order valence-corrected chi connectivity index (χ2v) is 8.70. The number of halogens is 2. The molecule has 0 spiro atoms. The normalized spacial score (nSPS) is 18.0. The van der Waals surface area contributed by atoms with Gasteiger partial charge in [-0.05, 0) is 41.0 Å². The van der Waals surface area contributed by atoms with Gasteiger partial charge in [-0.25, -0.2) is 8.42 Å². The van der Waals surface area contributed by atoms with Gasteiger partial charge in [0.2, 0.25) is 10.0 Å². The maximum Gasteiger partial charge on any atom is 0.246 e. The summed E-state index contributed by atoms with van der Waals surface area (Å²) in [5.74, 6) is 0. The van der Waals surface area contributed by atoms with Crippen LogP contribution >= 0.6 is 31.9 Å². The zero-order valence-electron chi connectivity index (χ0n) is 11.8. The third-order valence-corrected chi connectivity index (χ3v) is 6.87. The number of nitrogen functional groups attached to an aromatic ring is 1. The molecule has 0 radical (unpaired) electrons. The number of benzene rings is 1. The maximum absolute atomic E-state index is 12.8. The lowest BCUT2D eigenvalue weighted by Crippen LogP contribution is -2.48. The Balaban J connectivity index is 2.24. The number of hydrogen-bond acceptors (Lipinski definition) is 4. The molecule has 0 atom stereocenters. The van der Waals surface area contributed by atoms with Crippen LogP contribution in [0.25, 0.3) is 0 Å². The number of hydrogen-bond donors (Lipinski definition) is 1. The van der Waals surface area contributed by atoms with Crippen LogP contribution in [0.15, 0.2) is 26.0 Å². The Hall–Kier alpha value is -0.150. The van der Waals surface area contributed by atoms with Crippen LogP contribution in [0.3, 0.4) is 0 Å². The summed E-state index contributed by atoms with van der Waals surface area (Å²) in [6.07, 6.45) is 1.08. The summed E-state index contributed by atoms with van der Waals surface area (Å²) in [4.78, 5) is 2.45. The molecule has 5 nitrogen and oxygen atoms in total. The predicted molar refractivity (Wildman–Crippen MR) is 91.7 cm³/mol. The summed E-state index contributed by atoms with van der Waals surface area (Å²) in [5, 5.41) is 0. The van der Waals surface area contributed by atoms with Gasteiger partial charge in [0.1, 0.15) is 4.90 Å². The monoisotopic (exact) mass is 439 g/mol. The smallest absolute Gasteiger partial charge is 0.246 e. The third-order valence-electron chi connectivity index (χ3n) is 3.51. The van der Waals surface area contributed by atoms with Gasteiger partial charge in [-0.1, -0.05) is 22.9 Å². The first-order chi connectivity index (χ1) is 9.86. The largest absolute Gasteiger partial charge is 0.398 e. The van der Waals surface area contributed by atoms with Gasteiger partial charge in [0.25, 0.3) is 0 Å². The van der Waals surface area contributed by atoms with E-state index >= 15 is 0 Å². The van der Waals surface area contributed by atoms with Crippen LogP contribution < -0.4 is 5.73 Å². The van der Waals surface area contributed by atoms with Crippen molar-refractivity contribution in [2.45, 2.75) is 18.2 Å². The molecule has 1 aliphatic rings.